The molecule has 2 aromatic heterocycles. The van der Waals surface area contributed by atoms with E-state index in [0.29, 0.717) is 12.1 Å². The largest absolute Gasteiger partial charge is 0.380 e. The lowest BCUT2D eigenvalue weighted by atomic mass is 10.1. The second-order valence-corrected chi connectivity index (χ2v) is 7.60. The summed E-state index contributed by atoms with van der Waals surface area (Å²) in [6, 6.07) is 11.7. The number of benzene rings is 1. The fourth-order valence-electron chi connectivity index (χ4n) is 3.36. The van der Waals surface area contributed by atoms with Crippen LogP contribution in [0.25, 0.3) is 10.6 Å². The van der Waals surface area contributed by atoms with Crippen molar-refractivity contribution in [3.05, 3.63) is 65.4 Å². The number of ether oxygens (including phenoxy) is 1. The van der Waals surface area contributed by atoms with Crippen LogP contribution in [-0.4, -0.2) is 42.2 Å². The normalized spacial score (nSPS) is 16.3. The van der Waals surface area contributed by atoms with Crippen LogP contribution in [0, 0.1) is 0 Å². The molecule has 28 heavy (non-hydrogen) atoms. The number of carbonyl (C=O) groups is 1. The van der Waals surface area contributed by atoms with Crippen molar-refractivity contribution < 1.29 is 9.53 Å². The van der Waals surface area contributed by atoms with Crippen molar-refractivity contribution in [2.24, 2.45) is 0 Å². The molecule has 0 spiro atoms. The maximum atomic E-state index is 12.6. The molecule has 6 nitrogen and oxygen atoms in total. The van der Waals surface area contributed by atoms with Gasteiger partial charge in [0, 0.05) is 43.8 Å². The molecule has 1 saturated heterocycles. The molecule has 1 amide bonds. The summed E-state index contributed by atoms with van der Waals surface area (Å²) in [5.41, 5.74) is 3.32. The summed E-state index contributed by atoms with van der Waals surface area (Å²) >= 11 is 1.61. The first-order valence-electron chi connectivity index (χ1n) is 9.24. The third-order valence-electron chi connectivity index (χ3n) is 4.92. The fraction of sp³-hybridized carbons (Fsp3) is 0.286. The first-order valence-corrected chi connectivity index (χ1v) is 10.1. The molecule has 1 aromatic carbocycles. The Morgan fingerprint density at radius 2 is 2.07 bits per heavy atom. The molecular weight excluding hydrogens is 372 g/mol. The highest BCUT2D eigenvalue weighted by Gasteiger charge is 2.22. The maximum Gasteiger partial charge on any atom is 0.251 e. The Hall–Kier alpha value is -2.77. The number of anilines is 1. The minimum atomic E-state index is -0.120. The number of rotatable bonds is 6. The summed E-state index contributed by atoms with van der Waals surface area (Å²) in [6.45, 7) is 2.20. The van der Waals surface area contributed by atoms with Gasteiger partial charge < -0.3 is 15.0 Å². The van der Waals surface area contributed by atoms with E-state index in [2.05, 4.69) is 20.2 Å². The molecule has 1 N–H and O–H groups in total. The van der Waals surface area contributed by atoms with Crippen molar-refractivity contribution in [3.63, 3.8) is 0 Å². The molecule has 0 unspecified atom stereocenters. The van der Waals surface area contributed by atoms with Crippen LogP contribution in [0.2, 0.25) is 0 Å². The summed E-state index contributed by atoms with van der Waals surface area (Å²) in [6.07, 6.45) is 4.64. The number of methoxy groups -OCH3 is 1. The molecule has 0 saturated carbocycles. The highest BCUT2D eigenvalue weighted by atomic mass is 32.1. The van der Waals surface area contributed by atoms with Crippen LogP contribution >= 0.6 is 11.3 Å². The minimum Gasteiger partial charge on any atom is -0.380 e. The predicted octanol–water partition coefficient (Wildman–Crippen LogP) is 3.36. The van der Waals surface area contributed by atoms with Crippen molar-refractivity contribution in [2.45, 2.75) is 19.1 Å². The first-order chi connectivity index (χ1) is 13.7. The summed E-state index contributed by atoms with van der Waals surface area (Å²) < 4.78 is 5.42. The van der Waals surface area contributed by atoms with Gasteiger partial charge in [0.25, 0.3) is 5.91 Å². The number of nitrogens with one attached hydrogen (secondary N) is 1. The van der Waals surface area contributed by atoms with Gasteiger partial charge in [-0.1, -0.05) is 6.07 Å². The summed E-state index contributed by atoms with van der Waals surface area (Å²) in [7, 11) is 1.75. The minimum absolute atomic E-state index is 0.120. The number of amides is 1. The van der Waals surface area contributed by atoms with E-state index in [9.17, 15) is 4.79 Å². The molecule has 4 rings (SSSR count). The smallest absolute Gasteiger partial charge is 0.251 e. The zero-order valence-corrected chi connectivity index (χ0v) is 16.5. The number of aromatic nitrogens is 2. The van der Waals surface area contributed by atoms with E-state index in [1.807, 2.05) is 41.8 Å². The number of thiophene rings is 1. The SMILES string of the molecule is CO[C@H]1CCN(c2ccc(C(=O)NCc3nccnc3-c3cccs3)cc2)C1. The molecule has 0 radical (unpaired) electrons. The van der Waals surface area contributed by atoms with Gasteiger partial charge in [0.2, 0.25) is 0 Å². The Morgan fingerprint density at radius 1 is 1.25 bits per heavy atom. The van der Waals surface area contributed by atoms with E-state index in [4.69, 9.17) is 4.74 Å². The third-order valence-corrected chi connectivity index (χ3v) is 5.79. The van der Waals surface area contributed by atoms with E-state index < -0.39 is 0 Å². The maximum absolute atomic E-state index is 12.6. The van der Waals surface area contributed by atoms with E-state index in [-0.39, 0.29) is 12.0 Å². The first kappa shape index (κ1) is 18.6. The zero-order chi connectivity index (χ0) is 19.3. The van der Waals surface area contributed by atoms with Crippen LogP contribution in [0.5, 0.6) is 0 Å². The lowest BCUT2D eigenvalue weighted by Gasteiger charge is -2.18. The number of nitrogens with zero attached hydrogens (tertiary/aromatic N) is 3. The Bertz CT molecular complexity index is 928. The van der Waals surface area contributed by atoms with Gasteiger partial charge in [0.1, 0.15) is 5.69 Å². The molecule has 0 bridgehead atoms. The Labute approximate surface area is 168 Å². The average molecular weight is 395 g/mol. The predicted molar refractivity (Wildman–Crippen MR) is 111 cm³/mol. The second-order valence-electron chi connectivity index (χ2n) is 6.65. The molecule has 144 valence electrons. The topological polar surface area (TPSA) is 67.3 Å². The number of hydrogen-bond acceptors (Lipinski definition) is 6. The highest BCUT2D eigenvalue weighted by molar-refractivity contribution is 7.13. The van der Waals surface area contributed by atoms with E-state index in [1.54, 1.807) is 30.8 Å². The van der Waals surface area contributed by atoms with Crippen LogP contribution in [0.15, 0.2) is 54.2 Å². The molecule has 3 aromatic rings. The highest BCUT2D eigenvalue weighted by Crippen LogP contribution is 2.25. The van der Waals surface area contributed by atoms with Crippen LogP contribution < -0.4 is 10.2 Å². The Kier molecular flexibility index (Phi) is 5.64. The van der Waals surface area contributed by atoms with E-state index >= 15 is 0 Å². The second kappa shape index (κ2) is 8.50. The number of hydrogen-bond donors (Lipinski definition) is 1. The summed E-state index contributed by atoms with van der Waals surface area (Å²) in [5, 5.41) is 4.96. The van der Waals surface area contributed by atoms with Crippen LogP contribution in [0.4, 0.5) is 5.69 Å². The summed E-state index contributed by atoms with van der Waals surface area (Å²) in [4.78, 5) is 24.7. The molecule has 3 heterocycles. The zero-order valence-electron chi connectivity index (χ0n) is 15.7. The number of carbonyl (C=O) groups excluding carboxylic acids is 1. The van der Waals surface area contributed by atoms with Gasteiger partial charge in [0.05, 0.1) is 23.2 Å². The van der Waals surface area contributed by atoms with E-state index in [1.165, 1.54) is 0 Å². The van der Waals surface area contributed by atoms with Crippen molar-refractivity contribution in [1.82, 2.24) is 15.3 Å². The van der Waals surface area contributed by atoms with Crippen LogP contribution in [-0.2, 0) is 11.3 Å². The molecule has 1 aliphatic rings. The van der Waals surface area contributed by atoms with Gasteiger partial charge in [-0.2, -0.15) is 0 Å². The van der Waals surface area contributed by atoms with E-state index in [0.717, 1.165) is 41.5 Å². The van der Waals surface area contributed by atoms with Gasteiger partial charge in [-0.05, 0) is 42.1 Å². The Balaban J connectivity index is 1.40. The summed E-state index contributed by atoms with van der Waals surface area (Å²) in [5.74, 6) is -0.120. The van der Waals surface area contributed by atoms with Crippen molar-refractivity contribution in [3.8, 4) is 10.6 Å². The fourth-order valence-corrected chi connectivity index (χ4v) is 4.10. The molecule has 0 aliphatic carbocycles. The van der Waals surface area contributed by atoms with Gasteiger partial charge in [-0.15, -0.1) is 11.3 Å². The van der Waals surface area contributed by atoms with Crippen molar-refractivity contribution in [2.75, 3.05) is 25.1 Å². The average Bonchev–Trinajstić information content (AvgIpc) is 3.44. The molecule has 1 atom stereocenters. The molecule has 1 fully saturated rings. The standard InChI is InChI=1S/C21H22N4O2S/c1-27-17-8-11-25(14-17)16-6-4-15(5-7-16)21(26)24-13-18-20(23-10-9-22-18)19-3-2-12-28-19/h2-7,9-10,12,17H,8,11,13-14H2,1H3,(H,24,26)/t17-/m0/s1. The van der Waals surface area contributed by atoms with Crippen LogP contribution in [0.3, 0.4) is 0 Å². The van der Waals surface area contributed by atoms with Gasteiger partial charge in [0.15, 0.2) is 0 Å². The Morgan fingerprint density at radius 3 is 2.79 bits per heavy atom. The van der Waals surface area contributed by atoms with Gasteiger partial charge in [-0.25, -0.2) is 0 Å². The molecule has 7 heteroatoms. The van der Waals surface area contributed by atoms with Crippen molar-refractivity contribution >= 4 is 22.9 Å². The van der Waals surface area contributed by atoms with Crippen LogP contribution in [0.1, 0.15) is 22.5 Å². The lowest BCUT2D eigenvalue weighted by Crippen LogP contribution is -2.24. The monoisotopic (exact) mass is 394 g/mol. The van der Waals surface area contributed by atoms with Gasteiger partial charge in [-0.3, -0.25) is 14.8 Å². The third kappa shape index (κ3) is 4.05. The quantitative estimate of drug-likeness (QED) is 0.694. The lowest BCUT2D eigenvalue weighted by molar-refractivity contribution is 0.0950. The van der Waals surface area contributed by atoms with Crippen molar-refractivity contribution in [1.29, 1.82) is 0 Å². The van der Waals surface area contributed by atoms with Gasteiger partial charge >= 0.3 is 0 Å². The molecular formula is C21H22N4O2S. The molecule has 1 aliphatic heterocycles.